The molecule has 2 N–H and O–H groups in total. The first-order valence-corrected chi connectivity index (χ1v) is 8.35. The first kappa shape index (κ1) is 19.6. The lowest BCUT2D eigenvalue weighted by molar-refractivity contribution is -0.126. The first-order valence-electron chi connectivity index (χ1n) is 7.97. The minimum absolute atomic E-state index is 0.306. The molecule has 7 heteroatoms. The fourth-order valence-electron chi connectivity index (χ4n) is 2.36. The molecule has 0 spiro atoms. The summed E-state index contributed by atoms with van der Waals surface area (Å²) in [6.07, 6.45) is -0.306. The maximum atomic E-state index is 12.2. The van der Waals surface area contributed by atoms with Crippen LogP contribution in [0.5, 0.6) is 11.5 Å². The zero-order chi connectivity index (χ0) is 19.1. The highest BCUT2D eigenvalue weighted by atomic mass is 35.5. The Hall–Kier alpha value is -2.73. The minimum atomic E-state index is -0.463. The van der Waals surface area contributed by atoms with Gasteiger partial charge in [0.2, 0.25) is 11.8 Å². The molecule has 6 nitrogen and oxygen atoms in total. The summed E-state index contributed by atoms with van der Waals surface area (Å²) in [7, 11) is 2.93. The zero-order valence-corrected chi connectivity index (χ0v) is 15.6. The fraction of sp³-hybridized carbons (Fsp3) is 0.263. The predicted octanol–water partition coefficient (Wildman–Crippen LogP) is 3.31. The van der Waals surface area contributed by atoms with Crippen molar-refractivity contribution in [3.8, 4) is 11.5 Å². The standard InChI is InChI=1S/C19H21ClN2O4/c1-12-6-4-5-7-13(12)11-21-18(23)10-19(24)22-15-9-16(25-2)14(20)8-17(15)26-3/h4-9H,10-11H2,1-3H3,(H,21,23)(H,22,24). The molecule has 0 saturated heterocycles. The number of rotatable bonds is 7. The zero-order valence-electron chi connectivity index (χ0n) is 14.9. The number of ether oxygens (including phenoxy) is 2. The molecule has 0 atom stereocenters. The largest absolute Gasteiger partial charge is 0.495 e. The van der Waals surface area contributed by atoms with E-state index in [9.17, 15) is 9.59 Å². The molecule has 2 aromatic carbocycles. The second kappa shape index (κ2) is 9.10. The van der Waals surface area contributed by atoms with Gasteiger partial charge in [0.05, 0.1) is 24.9 Å². The van der Waals surface area contributed by atoms with Gasteiger partial charge < -0.3 is 20.1 Å². The second-order valence-corrected chi connectivity index (χ2v) is 6.02. The molecule has 0 saturated carbocycles. The number of halogens is 1. The summed E-state index contributed by atoms with van der Waals surface area (Å²) in [5, 5.41) is 5.74. The van der Waals surface area contributed by atoms with Gasteiger partial charge in [-0.2, -0.15) is 0 Å². The van der Waals surface area contributed by atoms with E-state index in [0.29, 0.717) is 28.8 Å². The Bertz CT molecular complexity index is 808. The van der Waals surface area contributed by atoms with Gasteiger partial charge in [0.15, 0.2) is 0 Å². The van der Waals surface area contributed by atoms with Crippen molar-refractivity contribution < 1.29 is 19.1 Å². The molecule has 0 aliphatic rings. The lowest BCUT2D eigenvalue weighted by Gasteiger charge is -2.13. The van der Waals surface area contributed by atoms with Crippen LogP contribution in [0.2, 0.25) is 5.02 Å². The van der Waals surface area contributed by atoms with Gasteiger partial charge in [-0.1, -0.05) is 35.9 Å². The molecule has 0 fully saturated rings. The summed E-state index contributed by atoms with van der Waals surface area (Å²) >= 11 is 6.03. The monoisotopic (exact) mass is 376 g/mol. The average molecular weight is 377 g/mol. The van der Waals surface area contributed by atoms with Crippen LogP contribution < -0.4 is 20.1 Å². The Kier molecular flexibility index (Phi) is 6.86. The molecular formula is C19H21ClN2O4. The third-order valence-electron chi connectivity index (χ3n) is 3.81. The lowest BCUT2D eigenvalue weighted by atomic mass is 10.1. The number of carbonyl (C=O) groups is 2. The van der Waals surface area contributed by atoms with Gasteiger partial charge in [0, 0.05) is 18.7 Å². The van der Waals surface area contributed by atoms with Crippen LogP contribution in [0.1, 0.15) is 17.5 Å². The highest BCUT2D eigenvalue weighted by Gasteiger charge is 2.15. The SMILES string of the molecule is COc1cc(NC(=O)CC(=O)NCc2ccccc2C)c(OC)cc1Cl. The van der Waals surface area contributed by atoms with Gasteiger partial charge in [-0.15, -0.1) is 0 Å². The van der Waals surface area contributed by atoms with Gasteiger partial charge in [0.25, 0.3) is 0 Å². The maximum Gasteiger partial charge on any atom is 0.233 e. The Morgan fingerprint density at radius 2 is 1.73 bits per heavy atom. The van der Waals surface area contributed by atoms with Crippen molar-refractivity contribution in [1.29, 1.82) is 0 Å². The number of nitrogens with one attached hydrogen (secondary N) is 2. The summed E-state index contributed by atoms with van der Waals surface area (Å²) < 4.78 is 10.3. The molecule has 2 rings (SSSR count). The number of methoxy groups -OCH3 is 2. The number of aryl methyl sites for hydroxylation is 1. The van der Waals surface area contributed by atoms with Crippen LogP contribution in [0, 0.1) is 6.92 Å². The lowest BCUT2D eigenvalue weighted by Crippen LogP contribution is -2.28. The van der Waals surface area contributed by atoms with Crippen molar-refractivity contribution in [2.24, 2.45) is 0 Å². The number of benzene rings is 2. The topological polar surface area (TPSA) is 76.7 Å². The number of amides is 2. The molecule has 0 radical (unpaired) electrons. The summed E-state index contributed by atoms with van der Waals surface area (Å²) in [5.41, 5.74) is 2.46. The molecular weight excluding hydrogens is 356 g/mol. The molecule has 26 heavy (non-hydrogen) atoms. The summed E-state index contributed by atoms with van der Waals surface area (Å²) in [6.45, 7) is 2.34. The van der Waals surface area contributed by atoms with E-state index in [4.69, 9.17) is 21.1 Å². The Balaban J connectivity index is 1.96. The third-order valence-corrected chi connectivity index (χ3v) is 4.10. The number of carbonyl (C=O) groups excluding carboxylic acids is 2. The van der Waals surface area contributed by atoms with Crippen LogP contribution in [-0.4, -0.2) is 26.0 Å². The molecule has 0 aromatic heterocycles. The van der Waals surface area contributed by atoms with Gasteiger partial charge in [-0.05, 0) is 18.1 Å². The first-order chi connectivity index (χ1) is 12.4. The smallest absolute Gasteiger partial charge is 0.233 e. The van der Waals surface area contributed by atoms with Gasteiger partial charge in [-0.25, -0.2) is 0 Å². The quantitative estimate of drug-likeness (QED) is 0.727. The summed E-state index contributed by atoms with van der Waals surface area (Å²) in [4.78, 5) is 24.2. The van der Waals surface area contributed by atoms with E-state index in [1.165, 1.54) is 20.3 Å². The average Bonchev–Trinajstić information content (AvgIpc) is 2.62. The predicted molar refractivity (Wildman–Crippen MR) is 101 cm³/mol. The van der Waals surface area contributed by atoms with Gasteiger partial charge >= 0.3 is 0 Å². The van der Waals surface area contributed by atoms with Crippen LogP contribution in [-0.2, 0) is 16.1 Å². The van der Waals surface area contributed by atoms with Crippen molar-refractivity contribution in [3.05, 3.63) is 52.5 Å². The maximum absolute atomic E-state index is 12.2. The van der Waals surface area contributed by atoms with Gasteiger partial charge in [0.1, 0.15) is 17.9 Å². The molecule has 0 unspecified atom stereocenters. The van der Waals surface area contributed by atoms with Crippen LogP contribution >= 0.6 is 11.6 Å². The van der Waals surface area contributed by atoms with E-state index in [0.717, 1.165) is 11.1 Å². The van der Waals surface area contributed by atoms with Crippen LogP contribution in [0.3, 0.4) is 0 Å². The Morgan fingerprint density at radius 3 is 2.38 bits per heavy atom. The number of hydrogen-bond acceptors (Lipinski definition) is 4. The number of anilines is 1. The Labute approximate surface area is 157 Å². The normalized spacial score (nSPS) is 10.2. The van der Waals surface area contributed by atoms with Crippen molar-refractivity contribution in [1.82, 2.24) is 5.32 Å². The molecule has 0 bridgehead atoms. The van der Waals surface area contributed by atoms with E-state index in [-0.39, 0.29) is 12.3 Å². The molecule has 2 aromatic rings. The van der Waals surface area contributed by atoms with Crippen molar-refractivity contribution in [2.45, 2.75) is 19.9 Å². The van der Waals surface area contributed by atoms with Gasteiger partial charge in [-0.3, -0.25) is 9.59 Å². The van der Waals surface area contributed by atoms with E-state index < -0.39 is 5.91 Å². The van der Waals surface area contributed by atoms with Crippen molar-refractivity contribution >= 4 is 29.1 Å². The van der Waals surface area contributed by atoms with E-state index in [2.05, 4.69) is 10.6 Å². The van der Waals surface area contributed by atoms with E-state index in [1.807, 2.05) is 31.2 Å². The van der Waals surface area contributed by atoms with Crippen LogP contribution in [0.15, 0.2) is 36.4 Å². The highest BCUT2D eigenvalue weighted by Crippen LogP contribution is 2.35. The molecule has 0 heterocycles. The second-order valence-electron chi connectivity index (χ2n) is 5.62. The molecule has 0 aliphatic heterocycles. The highest BCUT2D eigenvalue weighted by molar-refractivity contribution is 6.32. The molecule has 138 valence electrons. The van der Waals surface area contributed by atoms with Crippen LogP contribution in [0.25, 0.3) is 0 Å². The summed E-state index contributed by atoms with van der Waals surface area (Å²) in [6, 6.07) is 10.8. The Morgan fingerprint density at radius 1 is 1.04 bits per heavy atom. The minimum Gasteiger partial charge on any atom is -0.495 e. The van der Waals surface area contributed by atoms with Crippen molar-refractivity contribution in [3.63, 3.8) is 0 Å². The molecule has 0 aliphatic carbocycles. The van der Waals surface area contributed by atoms with Crippen molar-refractivity contribution in [2.75, 3.05) is 19.5 Å². The number of hydrogen-bond donors (Lipinski definition) is 2. The van der Waals surface area contributed by atoms with E-state index in [1.54, 1.807) is 6.07 Å². The van der Waals surface area contributed by atoms with Crippen LogP contribution in [0.4, 0.5) is 5.69 Å². The summed E-state index contributed by atoms with van der Waals surface area (Å²) in [5.74, 6) is -0.0585. The fourth-order valence-corrected chi connectivity index (χ4v) is 2.59. The molecule has 2 amide bonds. The van der Waals surface area contributed by atoms with E-state index >= 15 is 0 Å². The third kappa shape index (κ3) is 5.13.